The minimum absolute atomic E-state index is 0.376. The van der Waals surface area contributed by atoms with E-state index in [4.69, 9.17) is 0 Å². The zero-order valence-corrected chi connectivity index (χ0v) is 14.6. The first-order valence-electron chi connectivity index (χ1n) is 9.65. The third kappa shape index (κ3) is 3.03. The van der Waals surface area contributed by atoms with Gasteiger partial charge in [0.2, 0.25) is 0 Å². The lowest BCUT2D eigenvalue weighted by Crippen LogP contribution is -2.71. The Kier molecular flexibility index (Phi) is 4.66. The second-order valence-corrected chi connectivity index (χ2v) is 8.25. The van der Waals surface area contributed by atoms with Gasteiger partial charge < -0.3 is 5.32 Å². The van der Waals surface area contributed by atoms with Gasteiger partial charge >= 0.3 is 0 Å². The van der Waals surface area contributed by atoms with Gasteiger partial charge in [-0.2, -0.15) is 0 Å². The highest BCUT2D eigenvalue weighted by molar-refractivity contribution is 5.10. The van der Waals surface area contributed by atoms with Gasteiger partial charge in [0, 0.05) is 30.2 Å². The minimum atomic E-state index is 0.376. The first-order valence-corrected chi connectivity index (χ1v) is 9.65. The van der Waals surface area contributed by atoms with Crippen molar-refractivity contribution in [1.29, 1.82) is 0 Å². The third-order valence-corrected chi connectivity index (χ3v) is 7.03. The molecule has 2 heteroatoms. The molecule has 1 atom stereocenters. The summed E-state index contributed by atoms with van der Waals surface area (Å²) >= 11 is 0. The van der Waals surface area contributed by atoms with E-state index in [-0.39, 0.29) is 0 Å². The van der Waals surface area contributed by atoms with Crippen LogP contribution >= 0.6 is 0 Å². The summed E-state index contributed by atoms with van der Waals surface area (Å²) in [7, 11) is 0. The van der Waals surface area contributed by atoms with Crippen LogP contribution in [-0.4, -0.2) is 35.1 Å². The average molecular weight is 293 g/mol. The molecule has 21 heavy (non-hydrogen) atoms. The molecule has 122 valence electrons. The van der Waals surface area contributed by atoms with Crippen LogP contribution in [0.2, 0.25) is 0 Å². The minimum Gasteiger partial charge on any atom is -0.308 e. The summed E-state index contributed by atoms with van der Waals surface area (Å²) in [6, 6.07) is 0.859. The second-order valence-electron chi connectivity index (χ2n) is 8.25. The topological polar surface area (TPSA) is 15.3 Å². The van der Waals surface area contributed by atoms with Crippen molar-refractivity contribution in [3.8, 4) is 0 Å². The molecule has 2 saturated carbocycles. The largest absolute Gasteiger partial charge is 0.308 e. The summed E-state index contributed by atoms with van der Waals surface area (Å²) in [4.78, 5) is 3.00. The number of nitrogens with one attached hydrogen (secondary N) is 1. The van der Waals surface area contributed by atoms with E-state index in [1.165, 1.54) is 77.3 Å². The average Bonchev–Trinajstić information content (AvgIpc) is 3.35. The molecule has 0 aromatic carbocycles. The van der Waals surface area contributed by atoms with Gasteiger partial charge in [-0.3, -0.25) is 4.90 Å². The zero-order valence-electron chi connectivity index (χ0n) is 14.6. The zero-order chi connectivity index (χ0) is 14.9. The van der Waals surface area contributed by atoms with Crippen molar-refractivity contribution in [1.82, 2.24) is 10.2 Å². The van der Waals surface area contributed by atoms with Gasteiger partial charge in [0.05, 0.1) is 0 Å². The maximum absolute atomic E-state index is 3.99. The molecule has 0 bridgehead atoms. The van der Waals surface area contributed by atoms with Crippen LogP contribution in [-0.2, 0) is 0 Å². The molecule has 0 aromatic rings. The van der Waals surface area contributed by atoms with Crippen molar-refractivity contribution < 1.29 is 0 Å². The smallest absolute Gasteiger partial charge is 0.0337 e. The lowest BCUT2D eigenvalue weighted by molar-refractivity contribution is -0.0371. The van der Waals surface area contributed by atoms with E-state index in [0.29, 0.717) is 11.1 Å². The highest BCUT2D eigenvalue weighted by Crippen LogP contribution is 2.47. The van der Waals surface area contributed by atoms with Crippen LogP contribution in [0, 0.1) is 5.92 Å². The maximum Gasteiger partial charge on any atom is 0.0337 e. The predicted octanol–water partition coefficient (Wildman–Crippen LogP) is 4.34. The van der Waals surface area contributed by atoms with Crippen LogP contribution in [0.15, 0.2) is 0 Å². The van der Waals surface area contributed by atoms with E-state index in [0.717, 1.165) is 12.0 Å². The molecular weight excluding hydrogens is 256 g/mol. The van der Waals surface area contributed by atoms with Gasteiger partial charge in [-0.15, -0.1) is 0 Å². The summed E-state index contributed by atoms with van der Waals surface area (Å²) < 4.78 is 0. The standard InChI is InChI=1S/C19H36N2/c1-4-19(5-2)15-21(17-10-8-6-7-9-11-17)18(3,14-20-19)16-12-13-16/h16-17,20H,4-15H2,1-3H3. The number of rotatable bonds is 4. The summed E-state index contributed by atoms with van der Waals surface area (Å²) in [5.74, 6) is 0.958. The Bertz CT molecular complexity index is 337. The summed E-state index contributed by atoms with van der Waals surface area (Å²) in [6.45, 7) is 9.83. The molecule has 3 fully saturated rings. The van der Waals surface area contributed by atoms with E-state index in [9.17, 15) is 0 Å². The second kappa shape index (κ2) is 6.20. The van der Waals surface area contributed by atoms with E-state index < -0.39 is 0 Å². The van der Waals surface area contributed by atoms with Gasteiger partial charge in [-0.05, 0) is 51.4 Å². The molecule has 0 amide bonds. The number of hydrogen-bond donors (Lipinski definition) is 1. The molecule has 2 aliphatic carbocycles. The van der Waals surface area contributed by atoms with Crippen LogP contribution in [0.1, 0.15) is 85.0 Å². The third-order valence-electron chi connectivity index (χ3n) is 7.03. The van der Waals surface area contributed by atoms with E-state index in [2.05, 4.69) is 31.0 Å². The molecule has 2 nitrogen and oxygen atoms in total. The Hall–Kier alpha value is -0.0800. The van der Waals surface area contributed by atoms with Crippen molar-refractivity contribution >= 4 is 0 Å². The summed E-state index contributed by atoms with van der Waals surface area (Å²) in [5.41, 5.74) is 0.809. The Morgan fingerprint density at radius 3 is 2.10 bits per heavy atom. The molecular formula is C19H36N2. The van der Waals surface area contributed by atoms with Gasteiger partial charge in [-0.1, -0.05) is 39.5 Å². The van der Waals surface area contributed by atoms with Crippen LogP contribution in [0.4, 0.5) is 0 Å². The van der Waals surface area contributed by atoms with Crippen molar-refractivity contribution in [2.45, 2.75) is 102 Å². The van der Waals surface area contributed by atoms with Crippen molar-refractivity contribution in [3.05, 3.63) is 0 Å². The molecule has 1 saturated heterocycles. The van der Waals surface area contributed by atoms with Gasteiger partial charge in [-0.25, -0.2) is 0 Å². The van der Waals surface area contributed by atoms with E-state index in [1.54, 1.807) is 0 Å². The fourth-order valence-electron chi connectivity index (χ4n) is 4.95. The van der Waals surface area contributed by atoms with Crippen molar-refractivity contribution in [2.24, 2.45) is 5.92 Å². The molecule has 1 heterocycles. The molecule has 1 N–H and O–H groups in total. The number of hydrogen-bond acceptors (Lipinski definition) is 2. The molecule has 0 radical (unpaired) electrons. The van der Waals surface area contributed by atoms with Gasteiger partial charge in [0.25, 0.3) is 0 Å². The number of nitrogens with zero attached hydrogens (tertiary/aromatic N) is 1. The fraction of sp³-hybridized carbons (Fsp3) is 1.00. The highest BCUT2D eigenvalue weighted by Gasteiger charge is 2.52. The molecule has 0 spiro atoms. The van der Waals surface area contributed by atoms with Crippen molar-refractivity contribution in [3.63, 3.8) is 0 Å². The molecule has 0 aromatic heterocycles. The van der Waals surface area contributed by atoms with Gasteiger partial charge in [0.1, 0.15) is 0 Å². The van der Waals surface area contributed by atoms with Crippen LogP contribution in [0.3, 0.4) is 0 Å². The number of piperazine rings is 1. The lowest BCUT2D eigenvalue weighted by atomic mass is 9.80. The van der Waals surface area contributed by atoms with E-state index in [1.807, 2.05) is 0 Å². The van der Waals surface area contributed by atoms with Crippen LogP contribution < -0.4 is 5.32 Å². The van der Waals surface area contributed by atoms with Crippen LogP contribution in [0.5, 0.6) is 0 Å². The Morgan fingerprint density at radius 2 is 1.57 bits per heavy atom. The lowest BCUT2D eigenvalue weighted by Gasteiger charge is -2.56. The first kappa shape index (κ1) is 15.8. The van der Waals surface area contributed by atoms with Crippen LogP contribution in [0.25, 0.3) is 0 Å². The molecule has 3 aliphatic rings. The van der Waals surface area contributed by atoms with E-state index >= 15 is 0 Å². The monoisotopic (exact) mass is 292 g/mol. The molecule has 1 unspecified atom stereocenters. The first-order chi connectivity index (χ1) is 10.1. The summed E-state index contributed by atoms with van der Waals surface area (Å²) in [6.07, 6.45) is 14.2. The van der Waals surface area contributed by atoms with Gasteiger partial charge in [0.15, 0.2) is 0 Å². The molecule has 1 aliphatic heterocycles. The predicted molar refractivity (Wildman–Crippen MR) is 90.6 cm³/mol. The summed E-state index contributed by atoms with van der Waals surface area (Å²) in [5, 5.41) is 3.99. The fourth-order valence-corrected chi connectivity index (χ4v) is 4.95. The quantitative estimate of drug-likeness (QED) is 0.775. The van der Waals surface area contributed by atoms with Crippen molar-refractivity contribution in [2.75, 3.05) is 13.1 Å². The normalized spacial score (nSPS) is 35.6. The highest BCUT2D eigenvalue weighted by atomic mass is 15.3. The molecule has 3 rings (SSSR count). The Morgan fingerprint density at radius 1 is 0.952 bits per heavy atom. The SMILES string of the molecule is CCC1(CC)CN(C2CCCCCC2)C(C)(C2CC2)CN1. The maximum atomic E-state index is 3.99. The Balaban J connectivity index is 1.81. The Labute approximate surface area is 132 Å².